The first-order valence-corrected chi connectivity index (χ1v) is 9.08. The van der Waals surface area contributed by atoms with Gasteiger partial charge in [-0.15, -0.1) is 0 Å². The molecule has 1 atom stereocenters. The van der Waals surface area contributed by atoms with Crippen LogP contribution in [-0.4, -0.2) is 67.4 Å². The van der Waals surface area contributed by atoms with E-state index in [1.165, 1.54) is 44.5 Å². The Morgan fingerprint density at radius 1 is 1.09 bits per heavy atom. The van der Waals surface area contributed by atoms with E-state index in [0.717, 1.165) is 32.8 Å². The van der Waals surface area contributed by atoms with Crippen molar-refractivity contribution in [3.63, 3.8) is 0 Å². The maximum absolute atomic E-state index is 6.23. The lowest BCUT2D eigenvalue weighted by Gasteiger charge is -2.48. The molecule has 5 nitrogen and oxygen atoms in total. The van der Waals surface area contributed by atoms with E-state index in [1.54, 1.807) is 0 Å². The van der Waals surface area contributed by atoms with E-state index >= 15 is 0 Å². The highest BCUT2D eigenvalue weighted by atomic mass is 16.5. The highest BCUT2D eigenvalue weighted by Gasteiger charge is 2.40. The Bertz CT molecular complexity index is 489. The molecule has 0 bridgehead atoms. The summed E-state index contributed by atoms with van der Waals surface area (Å²) in [7, 11) is 0. The van der Waals surface area contributed by atoms with Crippen LogP contribution in [0.25, 0.3) is 0 Å². The smallest absolute Gasteiger partial charge is 0.0721 e. The van der Waals surface area contributed by atoms with Gasteiger partial charge >= 0.3 is 0 Å². The minimum atomic E-state index is 0.163. The first-order valence-electron chi connectivity index (χ1n) is 9.08. The van der Waals surface area contributed by atoms with Crippen molar-refractivity contribution >= 4 is 5.69 Å². The van der Waals surface area contributed by atoms with Crippen LogP contribution in [0.5, 0.6) is 0 Å². The van der Waals surface area contributed by atoms with E-state index in [2.05, 4.69) is 32.2 Å². The Morgan fingerprint density at radius 3 is 2.57 bits per heavy atom. The van der Waals surface area contributed by atoms with Crippen molar-refractivity contribution in [2.75, 3.05) is 50.8 Å². The van der Waals surface area contributed by atoms with E-state index in [9.17, 15) is 0 Å². The first kappa shape index (κ1) is 15.4. The molecular formula is C18H28N4O. The molecule has 1 aromatic rings. The van der Waals surface area contributed by atoms with Crippen molar-refractivity contribution in [1.82, 2.24) is 15.2 Å². The van der Waals surface area contributed by atoms with Crippen LogP contribution in [-0.2, 0) is 4.74 Å². The quantitative estimate of drug-likeness (QED) is 0.895. The predicted octanol–water partition coefficient (Wildman–Crippen LogP) is 1.50. The van der Waals surface area contributed by atoms with Gasteiger partial charge in [0.05, 0.1) is 5.60 Å². The Hall–Kier alpha value is -1.17. The molecule has 5 heteroatoms. The number of rotatable bonds is 2. The second kappa shape index (κ2) is 6.75. The van der Waals surface area contributed by atoms with Crippen molar-refractivity contribution in [3.8, 4) is 0 Å². The highest BCUT2D eigenvalue weighted by Crippen LogP contribution is 2.35. The molecular weight excluding hydrogens is 288 g/mol. The summed E-state index contributed by atoms with van der Waals surface area (Å²) in [6, 6.07) is 4.95. The second-order valence-corrected chi connectivity index (χ2v) is 7.16. The summed E-state index contributed by atoms with van der Waals surface area (Å²) in [6.45, 7) is 7.74. The maximum atomic E-state index is 6.23. The number of ether oxygens (including phenoxy) is 1. The second-order valence-electron chi connectivity index (χ2n) is 7.16. The molecule has 4 heterocycles. The molecule has 1 unspecified atom stereocenters. The Balaban J connectivity index is 1.35. The maximum Gasteiger partial charge on any atom is 0.0721 e. The molecule has 126 valence electrons. The zero-order chi connectivity index (χ0) is 15.5. The summed E-state index contributed by atoms with van der Waals surface area (Å²) in [5.41, 5.74) is 1.47. The summed E-state index contributed by atoms with van der Waals surface area (Å²) < 4.78 is 6.23. The summed E-state index contributed by atoms with van der Waals surface area (Å²) in [5, 5.41) is 3.47. The standard InChI is InChI=1S/C18H28N4O/c1-6-19-7-2-16(1)21-10-12-22(13-11-21)17-3-14-23-18(15-17)4-8-20-9-5-18/h1-2,6-7,17,20H,3-5,8-15H2. The van der Waals surface area contributed by atoms with Gasteiger partial charge in [0, 0.05) is 56.9 Å². The largest absolute Gasteiger partial charge is 0.375 e. The molecule has 3 aliphatic rings. The average Bonchev–Trinajstić information content (AvgIpc) is 2.63. The monoisotopic (exact) mass is 316 g/mol. The number of nitrogens with zero attached hydrogens (tertiary/aromatic N) is 3. The minimum absolute atomic E-state index is 0.163. The number of piperazine rings is 1. The summed E-state index contributed by atoms with van der Waals surface area (Å²) in [6.07, 6.45) is 8.57. The number of nitrogens with one attached hydrogen (secondary N) is 1. The fourth-order valence-electron chi connectivity index (χ4n) is 4.44. The highest BCUT2D eigenvalue weighted by molar-refractivity contribution is 5.44. The molecule has 0 radical (unpaired) electrons. The van der Waals surface area contributed by atoms with Gasteiger partial charge in [-0.25, -0.2) is 0 Å². The van der Waals surface area contributed by atoms with Gasteiger partial charge in [-0.05, 0) is 50.9 Å². The van der Waals surface area contributed by atoms with Crippen molar-refractivity contribution in [1.29, 1.82) is 0 Å². The molecule has 3 saturated heterocycles. The summed E-state index contributed by atoms with van der Waals surface area (Å²) >= 11 is 0. The Labute approximate surface area is 139 Å². The van der Waals surface area contributed by atoms with Crippen molar-refractivity contribution in [2.24, 2.45) is 0 Å². The molecule has 3 fully saturated rings. The van der Waals surface area contributed by atoms with E-state index in [1.807, 2.05) is 12.4 Å². The van der Waals surface area contributed by atoms with Gasteiger partial charge in [-0.3, -0.25) is 9.88 Å². The molecule has 23 heavy (non-hydrogen) atoms. The van der Waals surface area contributed by atoms with Crippen LogP contribution in [0.2, 0.25) is 0 Å². The van der Waals surface area contributed by atoms with Gasteiger partial charge in [0.25, 0.3) is 0 Å². The SMILES string of the molecule is c1cc(N2CCN(C3CCOC4(CCNCC4)C3)CC2)ccn1. The van der Waals surface area contributed by atoms with Crippen LogP contribution in [0.4, 0.5) is 5.69 Å². The lowest BCUT2D eigenvalue weighted by Crippen LogP contribution is -2.56. The van der Waals surface area contributed by atoms with Crippen LogP contribution >= 0.6 is 0 Å². The van der Waals surface area contributed by atoms with Crippen LogP contribution in [0.3, 0.4) is 0 Å². The Kier molecular flexibility index (Phi) is 4.51. The molecule has 0 amide bonds. The molecule has 1 spiro atoms. The predicted molar refractivity (Wildman–Crippen MR) is 91.8 cm³/mol. The van der Waals surface area contributed by atoms with E-state index in [-0.39, 0.29) is 5.60 Å². The van der Waals surface area contributed by atoms with Gasteiger partial charge < -0.3 is 15.0 Å². The molecule has 0 saturated carbocycles. The van der Waals surface area contributed by atoms with Crippen molar-refractivity contribution in [3.05, 3.63) is 24.5 Å². The van der Waals surface area contributed by atoms with Gasteiger partial charge in [0.2, 0.25) is 0 Å². The third-order valence-corrected chi connectivity index (χ3v) is 5.84. The normalized spacial score (nSPS) is 28.9. The lowest BCUT2D eigenvalue weighted by atomic mass is 9.82. The van der Waals surface area contributed by atoms with Gasteiger partial charge in [0.15, 0.2) is 0 Å². The van der Waals surface area contributed by atoms with Crippen LogP contribution in [0, 0.1) is 0 Å². The van der Waals surface area contributed by atoms with Crippen LogP contribution in [0.1, 0.15) is 25.7 Å². The number of piperidine rings is 1. The Morgan fingerprint density at radius 2 is 1.83 bits per heavy atom. The average molecular weight is 316 g/mol. The molecule has 4 rings (SSSR count). The third kappa shape index (κ3) is 3.37. The topological polar surface area (TPSA) is 40.6 Å². The van der Waals surface area contributed by atoms with Gasteiger partial charge in [-0.2, -0.15) is 0 Å². The van der Waals surface area contributed by atoms with Crippen molar-refractivity contribution in [2.45, 2.75) is 37.3 Å². The fraction of sp³-hybridized carbons (Fsp3) is 0.722. The molecule has 1 aromatic heterocycles. The minimum Gasteiger partial charge on any atom is -0.375 e. The number of aromatic nitrogens is 1. The van der Waals surface area contributed by atoms with E-state index < -0.39 is 0 Å². The molecule has 0 aromatic carbocycles. The van der Waals surface area contributed by atoms with Crippen LogP contribution < -0.4 is 10.2 Å². The molecule has 1 N–H and O–H groups in total. The van der Waals surface area contributed by atoms with E-state index in [4.69, 9.17) is 4.74 Å². The molecule has 3 aliphatic heterocycles. The van der Waals surface area contributed by atoms with Gasteiger partial charge in [0.1, 0.15) is 0 Å². The molecule has 0 aliphatic carbocycles. The van der Waals surface area contributed by atoms with E-state index in [0.29, 0.717) is 6.04 Å². The number of anilines is 1. The third-order valence-electron chi connectivity index (χ3n) is 5.84. The van der Waals surface area contributed by atoms with Crippen molar-refractivity contribution < 1.29 is 4.74 Å². The van der Waals surface area contributed by atoms with Gasteiger partial charge in [-0.1, -0.05) is 0 Å². The number of hydrogen-bond donors (Lipinski definition) is 1. The van der Waals surface area contributed by atoms with Crippen LogP contribution in [0.15, 0.2) is 24.5 Å². The zero-order valence-electron chi connectivity index (χ0n) is 13.9. The lowest BCUT2D eigenvalue weighted by molar-refractivity contribution is -0.121. The first-order chi connectivity index (χ1) is 11.3. The zero-order valence-corrected chi connectivity index (χ0v) is 13.9. The number of pyridine rings is 1. The number of hydrogen-bond acceptors (Lipinski definition) is 5. The summed E-state index contributed by atoms with van der Waals surface area (Å²) in [4.78, 5) is 9.32. The fourth-order valence-corrected chi connectivity index (χ4v) is 4.44. The summed E-state index contributed by atoms with van der Waals surface area (Å²) in [5.74, 6) is 0.